The van der Waals surface area contributed by atoms with Crippen LogP contribution in [-0.2, 0) is 47.1 Å². The molecule has 0 saturated heterocycles. The molecule has 1 radical (unpaired) electrons. The summed E-state index contributed by atoms with van der Waals surface area (Å²) in [5.74, 6) is 0. The van der Waals surface area contributed by atoms with Gasteiger partial charge in [-0.25, -0.2) is 0 Å². The molecule has 0 bridgehead atoms. The molecule has 0 unspecified atom stereocenters. The molecular weight excluding hydrogens is 657 g/mol. The Balaban J connectivity index is 0.00000529. The van der Waals surface area contributed by atoms with E-state index in [1.807, 2.05) is 30.3 Å². The minimum atomic E-state index is -2.07. The molecule has 0 atom stereocenters. The zero-order valence-corrected chi connectivity index (χ0v) is 27.8. The van der Waals surface area contributed by atoms with Crippen molar-refractivity contribution in [3.8, 4) is 0 Å². The zero-order chi connectivity index (χ0) is 30.3. The van der Waals surface area contributed by atoms with Gasteiger partial charge in [0.25, 0.3) is 0 Å². The molecule has 0 saturated carbocycles. The molecule has 229 valence electrons. The van der Waals surface area contributed by atoms with Gasteiger partial charge in [0.05, 0.1) is 12.3 Å². The minimum Gasteiger partial charge on any atom is -0.741 e. The van der Waals surface area contributed by atoms with Gasteiger partial charge < -0.3 is 40.6 Å². The van der Waals surface area contributed by atoms with E-state index >= 15 is 0 Å². The first-order chi connectivity index (χ1) is 21.0. The van der Waals surface area contributed by atoms with Crippen LogP contribution in [0, 0.1) is 0 Å². The first-order valence-electron chi connectivity index (χ1n) is 13.6. The van der Waals surface area contributed by atoms with Gasteiger partial charge in [0.2, 0.25) is 0 Å². The fourth-order valence-electron chi connectivity index (χ4n) is 4.35. The maximum absolute atomic E-state index is 6.39. The molecule has 1 heterocycles. The third-order valence-corrected chi connectivity index (χ3v) is 11.1. The van der Waals surface area contributed by atoms with Gasteiger partial charge in [0, 0.05) is 31.5 Å². The number of hydrogen-bond acceptors (Lipinski definition) is 8. The number of pyridine rings is 1. The average molecular weight is 690 g/mol. The number of rotatable bonds is 12. The van der Waals surface area contributed by atoms with Crippen LogP contribution in [0.2, 0.25) is 0 Å². The summed E-state index contributed by atoms with van der Waals surface area (Å²) in [7, 11) is -0.383. The maximum Gasteiger partial charge on any atom is 2.00 e. The Bertz CT molecular complexity index is 1460. The number of amidine groups is 2. The van der Waals surface area contributed by atoms with E-state index in [1.165, 1.54) is 15.9 Å². The van der Waals surface area contributed by atoms with Crippen LogP contribution in [0.1, 0.15) is 12.5 Å². The quantitative estimate of drug-likeness (QED) is 0.0448. The zero-order valence-electron chi connectivity index (χ0n) is 24.3. The van der Waals surface area contributed by atoms with Gasteiger partial charge in [-0.1, -0.05) is 54.6 Å². The van der Waals surface area contributed by atoms with Gasteiger partial charge in [-0.15, -0.1) is 5.10 Å². The molecule has 0 aliphatic carbocycles. The molecule has 0 amide bonds. The van der Waals surface area contributed by atoms with E-state index < -0.39 is 7.26 Å². The molecule has 4 aromatic rings. The normalized spacial score (nSPS) is 12.8. The summed E-state index contributed by atoms with van der Waals surface area (Å²) < 4.78 is 6.39. The molecule has 3 aromatic carbocycles. The molecule has 0 aliphatic rings. The van der Waals surface area contributed by atoms with Crippen molar-refractivity contribution in [1.29, 1.82) is 0 Å². The smallest absolute Gasteiger partial charge is 0.741 e. The molecule has 2 N–H and O–H groups in total. The first kappa shape index (κ1) is 34.9. The second-order valence-electron chi connectivity index (χ2n) is 9.21. The molecule has 0 aliphatic heterocycles. The summed E-state index contributed by atoms with van der Waals surface area (Å²) >= 11 is 10.5. The number of nitrogens with zero attached hydrogens (tertiary/aromatic N) is 5. The summed E-state index contributed by atoms with van der Waals surface area (Å²) in [6, 6.07) is 35.5. The molecule has 4 rings (SSSR count). The second kappa shape index (κ2) is 18.3. The fourth-order valence-corrected chi connectivity index (χ4v) is 8.32. The first-order valence-corrected chi connectivity index (χ1v) is 16.4. The van der Waals surface area contributed by atoms with E-state index in [1.54, 1.807) is 26.4 Å². The predicted octanol–water partition coefficient (Wildman–Crippen LogP) is 3.74. The standard InChI is InChI=1S/C32H34N7OPS2.Cu/c1-25(30(37-38-31(42)33-2)26-18-20-34-21-19-26)36-39-32(43)35-22-23-40-24-41(27-12-6-3-7-13-27,28-14-8-4-9-15-28)29-16-10-5-11-17-29;/h3-21H,22-24H2,1-2H3,(H3-,33,34,35,36,37,38,39,42,43);/q;+2/p-1. The van der Waals surface area contributed by atoms with Crippen molar-refractivity contribution in [3.63, 3.8) is 0 Å². The third kappa shape index (κ3) is 9.47. The Kier molecular flexibility index (Phi) is 14.5. The van der Waals surface area contributed by atoms with Crippen LogP contribution in [0.5, 0.6) is 0 Å². The number of benzene rings is 3. The summed E-state index contributed by atoms with van der Waals surface area (Å²) in [5, 5.41) is 27.0. The largest absolute Gasteiger partial charge is 2.00 e. The SMILES string of the molecule is CN/C([S-])=N/N=C(/C(C)=N/N=C(\[S-])NCCOC[P+](c1ccccc1)(c1ccccc1)c1ccccc1)c1ccncc1.[Cu+2]. The van der Waals surface area contributed by atoms with Crippen LogP contribution in [0.3, 0.4) is 0 Å². The number of aromatic nitrogens is 1. The van der Waals surface area contributed by atoms with Crippen LogP contribution in [0.4, 0.5) is 0 Å². The van der Waals surface area contributed by atoms with E-state index in [0.29, 0.717) is 30.9 Å². The molecule has 0 fully saturated rings. The molecular formula is C32H33CuN7OPS2+. The van der Waals surface area contributed by atoms with E-state index in [2.05, 4.69) is 109 Å². The molecule has 44 heavy (non-hydrogen) atoms. The Morgan fingerprint density at radius 1 is 0.727 bits per heavy atom. The van der Waals surface area contributed by atoms with Crippen molar-refractivity contribution in [1.82, 2.24) is 15.6 Å². The molecule has 8 nitrogen and oxygen atoms in total. The summed E-state index contributed by atoms with van der Waals surface area (Å²) in [4.78, 5) is 4.06. The van der Waals surface area contributed by atoms with Crippen molar-refractivity contribution in [2.24, 2.45) is 20.4 Å². The maximum atomic E-state index is 6.39. The van der Waals surface area contributed by atoms with Crippen LogP contribution in [0.15, 0.2) is 136 Å². The van der Waals surface area contributed by atoms with Crippen molar-refractivity contribution in [2.45, 2.75) is 6.92 Å². The van der Waals surface area contributed by atoms with Crippen LogP contribution >= 0.6 is 7.26 Å². The topological polar surface area (TPSA) is 95.6 Å². The fraction of sp³-hybridized carbons (Fsp3) is 0.156. The van der Waals surface area contributed by atoms with Gasteiger partial charge >= 0.3 is 17.1 Å². The summed E-state index contributed by atoms with van der Waals surface area (Å²) in [6.45, 7) is 2.70. The van der Waals surface area contributed by atoms with E-state index in [4.69, 9.17) is 30.0 Å². The Morgan fingerprint density at radius 2 is 1.23 bits per heavy atom. The number of nitrogens with one attached hydrogen (secondary N) is 2. The third-order valence-electron chi connectivity index (χ3n) is 6.44. The van der Waals surface area contributed by atoms with Crippen LogP contribution in [-0.4, -0.2) is 53.3 Å². The van der Waals surface area contributed by atoms with Gasteiger partial charge in [-0.3, -0.25) is 4.98 Å². The summed E-state index contributed by atoms with van der Waals surface area (Å²) in [6.07, 6.45) is 3.89. The van der Waals surface area contributed by atoms with Crippen LogP contribution < -0.4 is 26.5 Å². The van der Waals surface area contributed by atoms with Crippen LogP contribution in [0.25, 0.3) is 0 Å². The number of hydrogen-bond donors (Lipinski definition) is 2. The monoisotopic (exact) mass is 689 g/mol. The Hall–Kier alpha value is -3.56. The van der Waals surface area contributed by atoms with Crippen molar-refractivity contribution in [3.05, 3.63) is 121 Å². The molecule has 1 aromatic heterocycles. The van der Waals surface area contributed by atoms with Crippen molar-refractivity contribution < 1.29 is 21.8 Å². The Labute approximate surface area is 281 Å². The molecule has 12 heteroatoms. The van der Waals surface area contributed by atoms with Gasteiger partial charge in [0.1, 0.15) is 28.9 Å². The molecule has 0 spiro atoms. The minimum absolute atomic E-state index is 0. The average Bonchev–Trinajstić information content (AvgIpc) is 3.07. The second-order valence-corrected chi connectivity index (χ2v) is 13.4. The summed E-state index contributed by atoms with van der Waals surface area (Å²) in [5.41, 5.74) is 1.82. The van der Waals surface area contributed by atoms with Gasteiger partial charge in [-0.05, 0) is 65.8 Å². The Morgan fingerprint density at radius 3 is 1.73 bits per heavy atom. The van der Waals surface area contributed by atoms with Crippen molar-refractivity contribution >= 4 is 70.2 Å². The predicted molar refractivity (Wildman–Crippen MR) is 187 cm³/mol. The van der Waals surface area contributed by atoms with E-state index in [-0.39, 0.29) is 27.4 Å². The van der Waals surface area contributed by atoms with Gasteiger partial charge in [-0.2, -0.15) is 15.3 Å². The van der Waals surface area contributed by atoms with Crippen molar-refractivity contribution in [2.75, 3.05) is 26.5 Å². The van der Waals surface area contributed by atoms with Gasteiger partial charge in [0.15, 0.2) is 6.35 Å². The van der Waals surface area contributed by atoms with E-state index in [0.717, 1.165) is 5.56 Å². The number of ether oxygens (including phenoxy) is 1. The van der Waals surface area contributed by atoms with E-state index in [9.17, 15) is 0 Å².